The van der Waals surface area contributed by atoms with Gasteiger partial charge < -0.3 is 0 Å². The Hall–Kier alpha value is -1.14. The molecule has 1 aliphatic carbocycles. The van der Waals surface area contributed by atoms with E-state index < -0.39 is 0 Å². The van der Waals surface area contributed by atoms with Crippen LogP contribution in [0.4, 0.5) is 0 Å². The molecule has 0 aromatic carbocycles. The molecule has 1 heterocycles. The molecule has 13 heavy (non-hydrogen) atoms. The van der Waals surface area contributed by atoms with Gasteiger partial charge in [0.05, 0.1) is 0 Å². The number of nitriles is 1. The zero-order valence-corrected chi connectivity index (χ0v) is 7.75. The third-order valence-corrected chi connectivity index (χ3v) is 2.64. The number of hydrogen-bond acceptors (Lipinski definition) is 3. The van der Waals surface area contributed by atoms with Crippen molar-refractivity contribution in [2.45, 2.75) is 25.2 Å². The highest BCUT2D eigenvalue weighted by molar-refractivity contribution is 6.30. The van der Waals surface area contributed by atoms with Crippen molar-refractivity contribution >= 4 is 11.6 Å². The Kier molecular flexibility index (Phi) is 2.15. The van der Waals surface area contributed by atoms with Crippen LogP contribution in [0.3, 0.4) is 0 Å². The SMILES string of the molecule is N#Cc1cnc(C2CCC2)nc1Cl. The van der Waals surface area contributed by atoms with Gasteiger partial charge in [0.15, 0.2) is 5.15 Å². The van der Waals surface area contributed by atoms with Gasteiger partial charge in [0.2, 0.25) is 0 Å². The van der Waals surface area contributed by atoms with Gasteiger partial charge in [-0.3, -0.25) is 0 Å². The molecule has 0 radical (unpaired) electrons. The molecule has 1 fully saturated rings. The average molecular weight is 194 g/mol. The Morgan fingerprint density at radius 3 is 2.77 bits per heavy atom. The molecule has 0 amide bonds. The number of nitrogens with zero attached hydrogens (tertiary/aromatic N) is 3. The summed E-state index contributed by atoms with van der Waals surface area (Å²) < 4.78 is 0. The van der Waals surface area contributed by atoms with E-state index in [0.717, 1.165) is 18.7 Å². The van der Waals surface area contributed by atoms with Gasteiger partial charge in [-0.15, -0.1) is 0 Å². The van der Waals surface area contributed by atoms with Crippen LogP contribution in [0.15, 0.2) is 6.20 Å². The summed E-state index contributed by atoms with van der Waals surface area (Å²) in [5, 5.41) is 8.88. The first kappa shape index (κ1) is 8.46. The van der Waals surface area contributed by atoms with E-state index in [1.165, 1.54) is 12.6 Å². The first-order valence-corrected chi connectivity index (χ1v) is 4.61. The summed E-state index contributed by atoms with van der Waals surface area (Å²) in [4.78, 5) is 8.21. The predicted molar refractivity (Wildman–Crippen MR) is 48.3 cm³/mol. The van der Waals surface area contributed by atoms with Crippen LogP contribution in [-0.4, -0.2) is 9.97 Å². The van der Waals surface area contributed by atoms with E-state index in [2.05, 4.69) is 9.97 Å². The van der Waals surface area contributed by atoms with Crippen LogP contribution in [0.2, 0.25) is 5.15 Å². The zero-order valence-electron chi connectivity index (χ0n) is 7.00. The highest BCUT2D eigenvalue weighted by atomic mass is 35.5. The molecule has 0 atom stereocenters. The maximum absolute atomic E-state index is 8.60. The molecule has 4 heteroatoms. The first-order chi connectivity index (χ1) is 6.31. The fourth-order valence-electron chi connectivity index (χ4n) is 1.31. The second kappa shape index (κ2) is 3.31. The van der Waals surface area contributed by atoms with Crippen LogP contribution < -0.4 is 0 Å². The molecular formula is C9H8ClN3. The summed E-state index contributed by atoms with van der Waals surface area (Å²) in [6.07, 6.45) is 5.03. The molecule has 0 spiro atoms. The molecular weight excluding hydrogens is 186 g/mol. The van der Waals surface area contributed by atoms with Gasteiger partial charge in [-0.05, 0) is 12.8 Å². The standard InChI is InChI=1S/C9H8ClN3/c10-8-7(4-11)5-12-9(13-8)6-2-1-3-6/h5-6H,1-3H2. The lowest BCUT2D eigenvalue weighted by molar-refractivity contribution is 0.401. The van der Waals surface area contributed by atoms with Gasteiger partial charge in [-0.1, -0.05) is 18.0 Å². The molecule has 2 rings (SSSR count). The number of hydrogen-bond donors (Lipinski definition) is 0. The van der Waals surface area contributed by atoms with Crippen LogP contribution in [0.25, 0.3) is 0 Å². The minimum Gasteiger partial charge on any atom is -0.240 e. The van der Waals surface area contributed by atoms with Crippen molar-refractivity contribution in [1.82, 2.24) is 9.97 Å². The van der Waals surface area contributed by atoms with Crippen LogP contribution in [0.5, 0.6) is 0 Å². The summed E-state index contributed by atoms with van der Waals surface area (Å²) in [6, 6.07) is 1.94. The van der Waals surface area contributed by atoms with Crippen molar-refractivity contribution < 1.29 is 0 Å². The van der Waals surface area contributed by atoms with Crippen molar-refractivity contribution in [3.05, 3.63) is 22.7 Å². The van der Waals surface area contributed by atoms with E-state index in [1.54, 1.807) is 0 Å². The molecule has 1 saturated carbocycles. The lowest BCUT2D eigenvalue weighted by Crippen LogP contribution is -2.12. The lowest BCUT2D eigenvalue weighted by atomic mass is 9.85. The van der Waals surface area contributed by atoms with Crippen molar-refractivity contribution in [1.29, 1.82) is 5.26 Å². The summed E-state index contributed by atoms with van der Waals surface area (Å²) in [5.74, 6) is 1.25. The minimum atomic E-state index is 0.277. The zero-order chi connectivity index (χ0) is 9.26. The van der Waals surface area contributed by atoms with Crippen LogP contribution in [-0.2, 0) is 0 Å². The molecule has 3 nitrogen and oxygen atoms in total. The van der Waals surface area contributed by atoms with Gasteiger partial charge in [0.1, 0.15) is 17.5 Å². The van der Waals surface area contributed by atoms with Gasteiger partial charge >= 0.3 is 0 Å². The quantitative estimate of drug-likeness (QED) is 0.643. The Labute approximate surface area is 81.4 Å². The molecule has 0 aliphatic heterocycles. The Balaban J connectivity index is 2.30. The minimum absolute atomic E-state index is 0.277. The molecule has 0 N–H and O–H groups in total. The second-order valence-corrected chi connectivity index (χ2v) is 3.53. The Bertz CT molecular complexity index is 366. The van der Waals surface area contributed by atoms with Gasteiger partial charge in [-0.2, -0.15) is 5.26 Å². The van der Waals surface area contributed by atoms with Crippen molar-refractivity contribution in [3.63, 3.8) is 0 Å². The monoisotopic (exact) mass is 193 g/mol. The van der Waals surface area contributed by atoms with Gasteiger partial charge in [-0.25, -0.2) is 9.97 Å². The number of halogens is 1. The fourth-order valence-corrected chi connectivity index (χ4v) is 1.49. The van der Waals surface area contributed by atoms with Crippen LogP contribution >= 0.6 is 11.6 Å². The van der Waals surface area contributed by atoms with E-state index >= 15 is 0 Å². The molecule has 1 aromatic rings. The molecule has 1 aliphatic rings. The van der Waals surface area contributed by atoms with Crippen molar-refractivity contribution in [2.75, 3.05) is 0 Å². The molecule has 0 unspecified atom stereocenters. The van der Waals surface area contributed by atoms with Crippen LogP contribution in [0, 0.1) is 11.3 Å². The first-order valence-electron chi connectivity index (χ1n) is 4.24. The van der Waals surface area contributed by atoms with Gasteiger partial charge in [0, 0.05) is 12.1 Å². The van der Waals surface area contributed by atoms with E-state index in [0.29, 0.717) is 11.5 Å². The molecule has 0 bridgehead atoms. The normalized spacial score (nSPS) is 16.3. The highest BCUT2D eigenvalue weighted by Crippen LogP contribution is 2.34. The smallest absolute Gasteiger partial charge is 0.150 e. The Morgan fingerprint density at radius 1 is 1.54 bits per heavy atom. The molecule has 66 valence electrons. The van der Waals surface area contributed by atoms with E-state index in [9.17, 15) is 0 Å². The van der Waals surface area contributed by atoms with E-state index in [4.69, 9.17) is 16.9 Å². The van der Waals surface area contributed by atoms with E-state index in [-0.39, 0.29) is 5.15 Å². The maximum Gasteiger partial charge on any atom is 0.150 e. The summed E-state index contributed by atoms with van der Waals surface area (Å²) >= 11 is 5.78. The predicted octanol–water partition coefficient (Wildman–Crippen LogP) is 2.27. The third-order valence-electron chi connectivity index (χ3n) is 2.35. The van der Waals surface area contributed by atoms with E-state index in [1.807, 2.05) is 6.07 Å². The number of aromatic nitrogens is 2. The summed E-state index contributed by atoms with van der Waals surface area (Å²) in [5.41, 5.74) is 0.352. The highest BCUT2D eigenvalue weighted by Gasteiger charge is 2.22. The Morgan fingerprint density at radius 2 is 2.31 bits per heavy atom. The fraction of sp³-hybridized carbons (Fsp3) is 0.444. The van der Waals surface area contributed by atoms with Gasteiger partial charge in [0.25, 0.3) is 0 Å². The molecule has 0 saturated heterocycles. The third kappa shape index (κ3) is 1.50. The summed E-state index contributed by atoms with van der Waals surface area (Å²) in [7, 11) is 0. The maximum atomic E-state index is 8.60. The topological polar surface area (TPSA) is 49.6 Å². The summed E-state index contributed by atoms with van der Waals surface area (Å²) in [6.45, 7) is 0. The lowest BCUT2D eigenvalue weighted by Gasteiger charge is -2.23. The van der Waals surface area contributed by atoms with Crippen molar-refractivity contribution in [2.24, 2.45) is 0 Å². The van der Waals surface area contributed by atoms with Crippen molar-refractivity contribution in [3.8, 4) is 6.07 Å². The average Bonchev–Trinajstić information content (AvgIpc) is 2.01. The molecule has 1 aromatic heterocycles. The second-order valence-electron chi connectivity index (χ2n) is 3.17. The number of rotatable bonds is 1. The largest absolute Gasteiger partial charge is 0.240 e. The van der Waals surface area contributed by atoms with Crippen LogP contribution in [0.1, 0.15) is 36.6 Å².